The lowest BCUT2D eigenvalue weighted by atomic mass is 9.96. The van der Waals surface area contributed by atoms with Gasteiger partial charge in [-0.05, 0) is 105 Å². The van der Waals surface area contributed by atoms with Gasteiger partial charge in [-0.1, -0.05) is 41.4 Å². The van der Waals surface area contributed by atoms with Crippen LogP contribution in [-0.2, 0) is 28.2 Å². The molecule has 50 heavy (non-hydrogen) atoms. The third-order valence-corrected chi connectivity index (χ3v) is 10.6. The lowest BCUT2D eigenvalue weighted by molar-refractivity contribution is -0.158. The summed E-state index contributed by atoms with van der Waals surface area (Å²) in [5.74, 6) is 0.481. The lowest BCUT2D eigenvalue weighted by Crippen LogP contribution is -2.53. The van der Waals surface area contributed by atoms with Gasteiger partial charge in [0.25, 0.3) is 5.91 Å². The smallest absolute Gasteiger partial charge is 0.254 e. The molecular weight excluding hydrogens is 683 g/mol. The molecule has 3 fully saturated rings. The van der Waals surface area contributed by atoms with Crippen LogP contribution in [-0.4, -0.2) is 91.5 Å². The molecular formula is C38H46Cl2N2O8. The molecule has 3 aliphatic carbocycles. The van der Waals surface area contributed by atoms with Gasteiger partial charge in [0.1, 0.15) is 24.1 Å². The number of hydrogen-bond acceptors (Lipinski definition) is 9. The Bertz CT molecular complexity index is 1630. The zero-order valence-corrected chi connectivity index (χ0v) is 29.5. The molecule has 3 aromatic rings. The number of halogens is 2. The van der Waals surface area contributed by atoms with Crippen molar-refractivity contribution in [3.8, 4) is 16.9 Å². The fraction of sp³-hybridized carbons (Fsp3) is 0.526. The Balaban J connectivity index is 1.05. The molecule has 6 rings (SSSR count). The van der Waals surface area contributed by atoms with Gasteiger partial charge in [-0.15, -0.1) is 0 Å². The van der Waals surface area contributed by atoms with Gasteiger partial charge in [-0.2, -0.15) is 0 Å². The number of carbonyl (C=O) groups excluding carboxylic acids is 1. The molecule has 1 aromatic heterocycles. The average Bonchev–Trinajstić information content (AvgIpc) is 3.99. The van der Waals surface area contributed by atoms with Crippen molar-refractivity contribution in [1.82, 2.24) is 9.88 Å². The van der Waals surface area contributed by atoms with E-state index in [2.05, 4.69) is 11.1 Å². The zero-order chi connectivity index (χ0) is 35.4. The SMILES string of the molecule is O=C([C@@H](O)[C@@H](O)[C@H](O)[C@@H](O)CO)N(CCCCc1cc(Cl)c(COC2(c3cnccc3-c3ccccc3OC3CC3)CC2)cc1Cl)CC1CC1. The summed E-state index contributed by atoms with van der Waals surface area (Å²) in [5, 5.41) is 50.5. The first-order valence-corrected chi connectivity index (χ1v) is 18.3. The van der Waals surface area contributed by atoms with E-state index in [1.165, 1.54) is 4.90 Å². The van der Waals surface area contributed by atoms with Crippen molar-refractivity contribution in [3.05, 3.63) is 81.6 Å². The Kier molecular flexibility index (Phi) is 12.0. The molecule has 0 spiro atoms. The highest BCUT2D eigenvalue weighted by atomic mass is 35.5. The van der Waals surface area contributed by atoms with Crippen LogP contribution < -0.4 is 4.74 Å². The second-order valence-electron chi connectivity index (χ2n) is 13.9. The van der Waals surface area contributed by atoms with Crippen molar-refractivity contribution >= 4 is 29.1 Å². The number of aromatic nitrogens is 1. The second-order valence-corrected chi connectivity index (χ2v) is 14.7. The second kappa shape index (κ2) is 16.3. The highest BCUT2D eigenvalue weighted by molar-refractivity contribution is 6.34. The molecule has 0 bridgehead atoms. The number of nitrogens with zero attached hydrogens (tertiary/aromatic N) is 2. The van der Waals surface area contributed by atoms with Crippen LogP contribution in [0.5, 0.6) is 5.75 Å². The number of unbranched alkanes of at least 4 members (excludes halogenated alkanes) is 1. The molecule has 12 heteroatoms. The first kappa shape index (κ1) is 37.0. The van der Waals surface area contributed by atoms with Crippen LogP contribution in [0, 0.1) is 5.92 Å². The van der Waals surface area contributed by atoms with E-state index in [0.717, 1.165) is 72.1 Å². The van der Waals surface area contributed by atoms with Crippen LogP contribution >= 0.6 is 23.2 Å². The Morgan fingerprint density at radius 3 is 2.36 bits per heavy atom. The summed E-state index contributed by atoms with van der Waals surface area (Å²) >= 11 is 13.5. The fourth-order valence-electron chi connectivity index (χ4n) is 6.28. The molecule has 270 valence electrons. The number of ether oxygens (including phenoxy) is 2. The molecule has 0 radical (unpaired) electrons. The third kappa shape index (κ3) is 8.97. The first-order valence-electron chi connectivity index (χ1n) is 17.5. The van der Waals surface area contributed by atoms with E-state index in [1.54, 1.807) is 6.20 Å². The number of para-hydroxylation sites is 1. The largest absolute Gasteiger partial charge is 0.490 e. The van der Waals surface area contributed by atoms with E-state index in [9.17, 15) is 25.2 Å². The van der Waals surface area contributed by atoms with E-state index in [-0.39, 0.29) is 12.7 Å². The van der Waals surface area contributed by atoms with Crippen LogP contribution in [0.15, 0.2) is 54.9 Å². The number of amides is 1. The fourth-order valence-corrected chi connectivity index (χ4v) is 6.80. The van der Waals surface area contributed by atoms with Crippen molar-refractivity contribution in [2.24, 2.45) is 5.92 Å². The number of aryl methyl sites for hydroxylation is 1. The number of carbonyl (C=O) groups is 1. The summed E-state index contributed by atoms with van der Waals surface area (Å²) in [4.78, 5) is 19.0. The Morgan fingerprint density at radius 1 is 0.940 bits per heavy atom. The van der Waals surface area contributed by atoms with Gasteiger partial charge in [0, 0.05) is 46.7 Å². The molecule has 3 saturated carbocycles. The summed E-state index contributed by atoms with van der Waals surface area (Å²) in [6.07, 6.45) is 4.32. The number of pyridine rings is 1. The Hall–Kier alpha value is -2.80. The normalized spacial score (nSPS) is 19.0. The number of hydrogen-bond donors (Lipinski definition) is 5. The van der Waals surface area contributed by atoms with E-state index in [4.69, 9.17) is 37.8 Å². The number of aliphatic hydroxyl groups is 5. The van der Waals surface area contributed by atoms with Gasteiger partial charge in [0.05, 0.1) is 24.9 Å². The van der Waals surface area contributed by atoms with Crippen molar-refractivity contribution in [2.45, 2.75) is 101 Å². The molecule has 5 N–H and O–H groups in total. The minimum absolute atomic E-state index is 0.281. The molecule has 1 heterocycles. The molecule has 3 aliphatic rings. The number of rotatable bonds is 19. The minimum Gasteiger partial charge on any atom is -0.490 e. The molecule has 2 aromatic carbocycles. The van der Waals surface area contributed by atoms with Crippen LogP contribution in [0.1, 0.15) is 68.1 Å². The highest BCUT2D eigenvalue weighted by Crippen LogP contribution is 2.53. The van der Waals surface area contributed by atoms with Crippen LogP contribution in [0.2, 0.25) is 10.0 Å². The van der Waals surface area contributed by atoms with E-state index < -0.39 is 42.5 Å². The van der Waals surface area contributed by atoms with Gasteiger partial charge in [-0.25, -0.2) is 0 Å². The van der Waals surface area contributed by atoms with Crippen LogP contribution in [0.3, 0.4) is 0 Å². The van der Waals surface area contributed by atoms with Crippen LogP contribution in [0.25, 0.3) is 11.1 Å². The molecule has 0 aliphatic heterocycles. The number of benzene rings is 2. The monoisotopic (exact) mass is 728 g/mol. The molecule has 10 nitrogen and oxygen atoms in total. The van der Waals surface area contributed by atoms with Gasteiger partial charge in [-0.3, -0.25) is 9.78 Å². The van der Waals surface area contributed by atoms with E-state index in [0.29, 0.717) is 48.3 Å². The average molecular weight is 730 g/mol. The summed E-state index contributed by atoms with van der Waals surface area (Å²) in [7, 11) is 0. The maximum Gasteiger partial charge on any atom is 0.254 e. The van der Waals surface area contributed by atoms with Gasteiger partial charge < -0.3 is 39.9 Å². The predicted octanol–water partition coefficient (Wildman–Crippen LogP) is 4.80. The quantitative estimate of drug-likeness (QED) is 0.110. The predicted molar refractivity (Wildman–Crippen MR) is 189 cm³/mol. The van der Waals surface area contributed by atoms with Gasteiger partial charge in [0.15, 0.2) is 6.10 Å². The van der Waals surface area contributed by atoms with Crippen molar-refractivity contribution in [2.75, 3.05) is 19.7 Å². The van der Waals surface area contributed by atoms with Gasteiger partial charge >= 0.3 is 0 Å². The van der Waals surface area contributed by atoms with E-state index >= 15 is 0 Å². The number of aliphatic hydroxyl groups excluding tert-OH is 5. The van der Waals surface area contributed by atoms with Crippen LogP contribution in [0.4, 0.5) is 0 Å². The topological polar surface area (TPSA) is 153 Å². The Labute approximate surface area is 302 Å². The zero-order valence-electron chi connectivity index (χ0n) is 28.0. The molecule has 4 atom stereocenters. The highest BCUT2D eigenvalue weighted by Gasteiger charge is 2.48. The summed E-state index contributed by atoms with van der Waals surface area (Å²) < 4.78 is 12.8. The third-order valence-electron chi connectivity index (χ3n) is 9.85. The summed E-state index contributed by atoms with van der Waals surface area (Å²) in [5.41, 5.74) is 4.30. The molecule has 0 unspecified atom stereocenters. The minimum atomic E-state index is -1.93. The Morgan fingerprint density at radius 2 is 1.66 bits per heavy atom. The molecule has 0 saturated heterocycles. The molecule has 1 amide bonds. The van der Waals surface area contributed by atoms with Crippen molar-refractivity contribution in [3.63, 3.8) is 0 Å². The van der Waals surface area contributed by atoms with Gasteiger partial charge in [0.2, 0.25) is 0 Å². The van der Waals surface area contributed by atoms with Crippen molar-refractivity contribution < 1.29 is 39.8 Å². The first-order chi connectivity index (χ1) is 24.1. The maximum absolute atomic E-state index is 13.0. The van der Waals surface area contributed by atoms with Crippen molar-refractivity contribution in [1.29, 1.82) is 0 Å². The maximum atomic E-state index is 13.0. The summed E-state index contributed by atoms with van der Waals surface area (Å²) in [6, 6.07) is 13.8. The summed E-state index contributed by atoms with van der Waals surface area (Å²) in [6.45, 7) is 0.240. The van der Waals surface area contributed by atoms with E-state index in [1.807, 2.05) is 42.6 Å². The lowest BCUT2D eigenvalue weighted by Gasteiger charge is -2.30. The standard InChI is InChI=1S/C38H46Cl2N2O8/c39-30-18-25(22-49-38(13-14-38)29-19-41-15-12-27(29)28-6-1-2-7-33(28)50-26-10-11-26)31(40)17-24(30)5-3-4-16-42(20-23-8-9-23)37(48)36(47)35(46)34(45)32(44)21-43/h1-2,6-7,12,15,17-19,23,26,32,34-36,43-47H,3-5,8-11,13-14,16,20-22H2/t32-,34+,35-,36-/m0/s1.